The van der Waals surface area contributed by atoms with E-state index in [-0.39, 0.29) is 6.04 Å². The van der Waals surface area contributed by atoms with Crippen molar-refractivity contribution in [3.63, 3.8) is 0 Å². The summed E-state index contributed by atoms with van der Waals surface area (Å²) in [5.74, 6) is 5.82. The van der Waals surface area contributed by atoms with Crippen LogP contribution in [0.1, 0.15) is 22.2 Å². The van der Waals surface area contributed by atoms with E-state index in [2.05, 4.69) is 50.6 Å². The molecule has 1 unspecified atom stereocenters. The van der Waals surface area contributed by atoms with Gasteiger partial charge < -0.3 is 0 Å². The van der Waals surface area contributed by atoms with Crippen LogP contribution in [-0.4, -0.2) is 4.98 Å². The normalized spacial score (nSPS) is 12.7. The van der Waals surface area contributed by atoms with E-state index in [0.29, 0.717) is 0 Å². The molecule has 108 valence electrons. The number of nitrogens with one attached hydrogen (secondary N) is 1. The molecule has 0 spiro atoms. The number of benzene rings is 1. The number of nitrogens with zero attached hydrogens (tertiary/aromatic N) is 1. The van der Waals surface area contributed by atoms with E-state index in [0.717, 1.165) is 26.8 Å². The lowest BCUT2D eigenvalue weighted by molar-refractivity contribution is 0.558. The number of aromatic nitrogens is 1. The summed E-state index contributed by atoms with van der Waals surface area (Å²) in [6, 6.07) is 14.6. The molecule has 0 aliphatic carbocycles. The van der Waals surface area contributed by atoms with Crippen molar-refractivity contribution in [2.45, 2.75) is 19.4 Å². The lowest BCUT2D eigenvalue weighted by atomic mass is 9.98. The second-order valence-corrected chi connectivity index (χ2v) is 7.55. The molecule has 0 saturated heterocycles. The molecule has 0 saturated carbocycles. The van der Waals surface area contributed by atoms with Gasteiger partial charge in [0.1, 0.15) is 0 Å². The highest BCUT2D eigenvalue weighted by atomic mass is 79.9. The van der Waals surface area contributed by atoms with Crippen molar-refractivity contribution in [3.8, 4) is 0 Å². The van der Waals surface area contributed by atoms with Crippen LogP contribution in [0.3, 0.4) is 0 Å². The lowest BCUT2D eigenvalue weighted by Crippen LogP contribution is -2.29. The Balaban J connectivity index is 2.04. The second kappa shape index (κ2) is 6.23. The van der Waals surface area contributed by atoms with Crippen LogP contribution in [0.25, 0.3) is 10.9 Å². The molecule has 5 heteroatoms. The first-order chi connectivity index (χ1) is 10.2. The minimum atomic E-state index is 0.0714. The van der Waals surface area contributed by atoms with Crippen LogP contribution in [-0.2, 0) is 6.42 Å². The molecule has 3 nitrogen and oxygen atoms in total. The van der Waals surface area contributed by atoms with Gasteiger partial charge in [-0.1, -0.05) is 18.2 Å². The Labute approximate surface area is 136 Å². The van der Waals surface area contributed by atoms with Gasteiger partial charge in [0, 0.05) is 22.4 Å². The first-order valence-electron chi connectivity index (χ1n) is 6.74. The SMILES string of the molecule is Cc1cc(C(Cc2ccc(Br)s2)NN)c2ccccc2n1. The standard InChI is InChI=1S/C16H16BrN3S/c1-10-8-13(12-4-2-3-5-14(12)19-10)15(20-18)9-11-6-7-16(17)21-11/h2-8,15,20H,9,18H2,1H3. The smallest absolute Gasteiger partial charge is 0.0708 e. The van der Waals surface area contributed by atoms with E-state index >= 15 is 0 Å². The van der Waals surface area contributed by atoms with Crippen LogP contribution in [0.5, 0.6) is 0 Å². The Bertz CT molecular complexity index is 769. The molecule has 0 fully saturated rings. The maximum absolute atomic E-state index is 5.82. The van der Waals surface area contributed by atoms with E-state index < -0.39 is 0 Å². The van der Waals surface area contributed by atoms with Gasteiger partial charge >= 0.3 is 0 Å². The zero-order chi connectivity index (χ0) is 14.8. The Morgan fingerprint density at radius 3 is 2.81 bits per heavy atom. The van der Waals surface area contributed by atoms with E-state index in [9.17, 15) is 0 Å². The van der Waals surface area contributed by atoms with Crippen LogP contribution in [0.2, 0.25) is 0 Å². The molecule has 3 N–H and O–H groups in total. The van der Waals surface area contributed by atoms with Gasteiger partial charge in [-0.2, -0.15) is 0 Å². The highest BCUT2D eigenvalue weighted by Crippen LogP contribution is 2.30. The molecule has 1 aromatic carbocycles. The predicted molar refractivity (Wildman–Crippen MR) is 92.3 cm³/mol. The highest BCUT2D eigenvalue weighted by molar-refractivity contribution is 9.11. The molecule has 0 aliphatic heterocycles. The summed E-state index contributed by atoms with van der Waals surface area (Å²) in [5.41, 5.74) is 6.18. The average Bonchev–Trinajstić information content (AvgIpc) is 2.89. The van der Waals surface area contributed by atoms with Gasteiger partial charge in [0.15, 0.2) is 0 Å². The zero-order valence-electron chi connectivity index (χ0n) is 11.6. The predicted octanol–water partition coefficient (Wildman–Crippen LogP) is 4.11. The summed E-state index contributed by atoms with van der Waals surface area (Å²) in [4.78, 5) is 5.89. The summed E-state index contributed by atoms with van der Waals surface area (Å²) in [6.07, 6.45) is 0.861. The van der Waals surface area contributed by atoms with Crippen molar-refractivity contribution in [1.82, 2.24) is 10.4 Å². The van der Waals surface area contributed by atoms with Gasteiger partial charge in [-0.3, -0.25) is 16.3 Å². The number of thiophene rings is 1. The van der Waals surface area contributed by atoms with Crippen LogP contribution in [0.4, 0.5) is 0 Å². The number of para-hydroxylation sites is 1. The van der Waals surface area contributed by atoms with E-state index in [4.69, 9.17) is 5.84 Å². The molecular weight excluding hydrogens is 346 g/mol. The number of rotatable bonds is 4. The van der Waals surface area contributed by atoms with Crippen molar-refractivity contribution in [2.75, 3.05) is 0 Å². The summed E-state index contributed by atoms with van der Waals surface area (Å²) >= 11 is 5.25. The molecule has 0 aliphatic rings. The Morgan fingerprint density at radius 1 is 1.29 bits per heavy atom. The molecule has 1 atom stereocenters. The van der Waals surface area contributed by atoms with Gasteiger partial charge in [0.05, 0.1) is 15.3 Å². The fourth-order valence-corrected chi connectivity index (χ4v) is 4.08. The third-order valence-electron chi connectivity index (χ3n) is 3.49. The molecule has 2 heterocycles. The summed E-state index contributed by atoms with van der Waals surface area (Å²) < 4.78 is 1.14. The molecule has 2 aromatic heterocycles. The zero-order valence-corrected chi connectivity index (χ0v) is 14.0. The monoisotopic (exact) mass is 361 g/mol. The molecular formula is C16H16BrN3S. The molecule has 0 radical (unpaired) electrons. The number of nitrogens with two attached hydrogens (primary N) is 1. The van der Waals surface area contributed by atoms with Crippen molar-refractivity contribution < 1.29 is 0 Å². The number of aryl methyl sites for hydroxylation is 1. The number of halogens is 1. The maximum atomic E-state index is 5.82. The molecule has 3 aromatic rings. The van der Waals surface area contributed by atoms with E-state index in [1.165, 1.54) is 10.4 Å². The van der Waals surface area contributed by atoms with Gasteiger partial charge in [-0.25, -0.2) is 0 Å². The lowest BCUT2D eigenvalue weighted by Gasteiger charge is -2.18. The first-order valence-corrected chi connectivity index (χ1v) is 8.35. The van der Waals surface area contributed by atoms with Crippen molar-refractivity contribution in [3.05, 3.63) is 62.4 Å². The van der Waals surface area contributed by atoms with Crippen LogP contribution in [0, 0.1) is 6.92 Å². The minimum absolute atomic E-state index is 0.0714. The minimum Gasteiger partial charge on any atom is -0.271 e. The fraction of sp³-hybridized carbons (Fsp3) is 0.188. The number of pyridine rings is 1. The van der Waals surface area contributed by atoms with E-state index in [1.807, 2.05) is 25.1 Å². The van der Waals surface area contributed by atoms with Crippen LogP contribution in [0.15, 0.2) is 46.3 Å². The first kappa shape index (κ1) is 14.7. The van der Waals surface area contributed by atoms with Crippen molar-refractivity contribution in [1.29, 1.82) is 0 Å². The van der Waals surface area contributed by atoms with Gasteiger partial charge in [-0.15, -0.1) is 11.3 Å². The Hall–Kier alpha value is -1.27. The third-order valence-corrected chi connectivity index (χ3v) is 5.13. The highest BCUT2D eigenvalue weighted by Gasteiger charge is 2.16. The van der Waals surface area contributed by atoms with Crippen LogP contribution >= 0.6 is 27.3 Å². The fourth-order valence-electron chi connectivity index (χ4n) is 2.55. The molecule has 3 rings (SSSR count). The largest absolute Gasteiger partial charge is 0.271 e. The number of hydrazine groups is 1. The number of fused-ring (bicyclic) bond motifs is 1. The average molecular weight is 362 g/mol. The van der Waals surface area contributed by atoms with Crippen molar-refractivity contribution >= 4 is 38.2 Å². The topological polar surface area (TPSA) is 50.9 Å². The summed E-state index contributed by atoms with van der Waals surface area (Å²) in [7, 11) is 0. The van der Waals surface area contributed by atoms with Crippen molar-refractivity contribution in [2.24, 2.45) is 5.84 Å². The summed E-state index contributed by atoms with van der Waals surface area (Å²) in [6.45, 7) is 2.02. The summed E-state index contributed by atoms with van der Waals surface area (Å²) in [5, 5.41) is 1.15. The number of hydrogen-bond acceptors (Lipinski definition) is 4. The Kier molecular flexibility index (Phi) is 4.35. The van der Waals surface area contributed by atoms with Crippen LogP contribution < -0.4 is 11.3 Å². The quantitative estimate of drug-likeness (QED) is 0.542. The number of hydrogen-bond donors (Lipinski definition) is 2. The van der Waals surface area contributed by atoms with E-state index in [1.54, 1.807) is 11.3 Å². The van der Waals surface area contributed by atoms with Gasteiger partial charge in [0.2, 0.25) is 0 Å². The molecule has 0 bridgehead atoms. The molecule has 21 heavy (non-hydrogen) atoms. The van der Waals surface area contributed by atoms with Gasteiger partial charge in [-0.05, 0) is 52.7 Å². The second-order valence-electron chi connectivity index (χ2n) is 5.00. The Morgan fingerprint density at radius 2 is 2.10 bits per heavy atom. The van der Waals surface area contributed by atoms with Gasteiger partial charge in [0.25, 0.3) is 0 Å². The molecule has 0 amide bonds. The third kappa shape index (κ3) is 3.16. The maximum Gasteiger partial charge on any atom is 0.0708 e.